The Balaban J connectivity index is 2.13. The van der Waals surface area contributed by atoms with Crippen molar-refractivity contribution in [2.75, 3.05) is 11.9 Å². The molecule has 1 aliphatic rings. The average Bonchev–Trinajstić information content (AvgIpc) is 2.22. The molecule has 0 bridgehead atoms. The van der Waals surface area contributed by atoms with Crippen LogP contribution < -0.4 is 0 Å². The van der Waals surface area contributed by atoms with Crippen LogP contribution in [0.1, 0.15) is 13.3 Å². The van der Waals surface area contributed by atoms with Gasteiger partial charge in [-0.25, -0.2) is 0 Å². The van der Waals surface area contributed by atoms with Gasteiger partial charge in [-0.1, -0.05) is 15.9 Å². The quantitative estimate of drug-likeness (QED) is 0.446. The van der Waals surface area contributed by atoms with Gasteiger partial charge in [-0.15, -0.1) is 0 Å². The second-order valence-corrected chi connectivity index (χ2v) is 2.97. The van der Waals surface area contributed by atoms with E-state index >= 15 is 0 Å². The van der Waals surface area contributed by atoms with Crippen LogP contribution >= 0.6 is 15.9 Å². The first-order valence-electron chi connectivity index (χ1n) is 2.47. The first kappa shape index (κ1) is 5.57. The number of alkyl halides is 1. The van der Waals surface area contributed by atoms with E-state index in [9.17, 15) is 0 Å². The summed E-state index contributed by atoms with van der Waals surface area (Å²) in [6.45, 7) is 3.09. The fourth-order valence-corrected chi connectivity index (χ4v) is 1.31. The van der Waals surface area contributed by atoms with Gasteiger partial charge in [-0.05, 0) is 13.3 Å². The van der Waals surface area contributed by atoms with Crippen LogP contribution in [0.4, 0.5) is 0 Å². The normalized spacial score (nSPS) is 38.6. The summed E-state index contributed by atoms with van der Waals surface area (Å²) in [6, 6.07) is 0. The highest BCUT2D eigenvalue weighted by Crippen LogP contribution is 2.29. The predicted octanol–water partition coefficient (Wildman–Crippen LogP) is 1.56. The standard InChI is InChI=1S/C5H9BrO/c1-5(2-3-6)4-7-5/h2-4H2,1H3/t5-/m0/s1. The second kappa shape index (κ2) is 1.75. The third-order valence-electron chi connectivity index (χ3n) is 1.26. The van der Waals surface area contributed by atoms with Gasteiger partial charge in [-0.2, -0.15) is 0 Å². The van der Waals surface area contributed by atoms with E-state index in [0.29, 0.717) is 0 Å². The minimum atomic E-state index is 0.253. The Morgan fingerprint density at radius 2 is 2.43 bits per heavy atom. The minimum absolute atomic E-state index is 0.253. The lowest BCUT2D eigenvalue weighted by Gasteiger charge is -1.96. The van der Waals surface area contributed by atoms with Gasteiger partial charge in [0.05, 0.1) is 12.2 Å². The van der Waals surface area contributed by atoms with Crippen molar-refractivity contribution in [3.05, 3.63) is 0 Å². The maximum Gasteiger partial charge on any atom is 0.0896 e. The SMILES string of the molecule is C[C@]1(CCBr)CO1. The monoisotopic (exact) mass is 164 g/mol. The zero-order chi connectivity index (χ0) is 5.33. The number of hydrogen-bond acceptors (Lipinski definition) is 1. The zero-order valence-corrected chi connectivity index (χ0v) is 5.99. The summed E-state index contributed by atoms with van der Waals surface area (Å²) < 4.78 is 5.11. The van der Waals surface area contributed by atoms with Crippen molar-refractivity contribution >= 4 is 15.9 Å². The predicted molar refractivity (Wildman–Crippen MR) is 32.8 cm³/mol. The van der Waals surface area contributed by atoms with Crippen LogP contribution in [0, 0.1) is 0 Å². The van der Waals surface area contributed by atoms with Crippen LogP contribution in [0.25, 0.3) is 0 Å². The van der Waals surface area contributed by atoms with Gasteiger partial charge in [-0.3, -0.25) is 0 Å². The molecule has 2 heteroatoms. The Morgan fingerprint density at radius 3 is 2.57 bits per heavy atom. The summed E-state index contributed by atoms with van der Waals surface area (Å²) in [7, 11) is 0. The first-order valence-corrected chi connectivity index (χ1v) is 3.59. The Morgan fingerprint density at radius 1 is 1.86 bits per heavy atom. The first-order chi connectivity index (χ1) is 3.27. The van der Waals surface area contributed by atoms with E-state index in [4.69, 9.17) is 4.74 Å². The number of halogens is 1. The molecular formula is C5H9BrO. The summed E-state index contributed by atoms with van der Waals surface area (Å²) >= 11 is 3.35. The van der Waals surface area contributed by atoms with Gasteiger partial charge in [0.2, 0.25) is 0 Å². The van der Waals surface area contributed by atoms with Crippen molar-refractivity contribution in [2.45, 2.75) is 18.9 Å². The number of ether oxygens (including phenoxy) is 1. The van der Waals surface area contributed by atoms with Crippen LogP contribution in [-0.4, -0.2) is 17.5 Å². The van der Waals surface area contributed by atoms with Gasteiger partial charge in [0.25, 0.3) is 0 Å². The van der Waals surface area contributed by atoms with E-state index in [2.05, 4.69) is 22.9 Å². The summed E-state index contributed by atoms with van der Waals surface area (Å²) in [4.78, 5) is 0. The Hall–Kier alpha value is 0.440. The maximum absolute atomic E-state index is 5.11. The largest absolute Gasteiger partial charge is 0.370 e. The molecule has 1 fully saturated rings. The van der Waals surface area contributed by atoms with E-state index in [1.807, 2.05) is 0 Å². The highest BCUT2D eigenvalue weighted by Gasteiger charge is 2.37. The maximum atomic E-state index is 5.11. The van der Waals surface area contributed by atoms with Crippen molar-refractivity contribution in [3.63, 3.8) is 0 Å². The fraction of sp³-hybridized carbons (Fsp3) is 1.00. The Kier molecular flexibility index (Phi) is 1.39. The van der Waals surface area contributed by atoms with Crippen LogP contribution in [-0.2, 0) is 4.74 Å². The lowest BCUT2D eigenvalue weighted by molar-refractivity contribution is 0.319. The van der Waals surface area contributed by atoms with Crippen molar-refractivity contribution < 1.29 is 4.74 Å². The molecule has 0 unspecified atom stereocenters. The average molecular weight is 165 g/mol. The molecule has 0 saturated carbocycles. The smallest absolute Gasteiger partial charge is 0.0896 e. The molecule has 0 N–H and O–H groups in total. The molecule has 0 spiro atoms. The molecule has 1 rings (SSSR count). The highest BCUT2D eigenvalue weighted by atomic mass is 79.9. The lowest BCUT2D eigenvalue weighted by Crippen LogP contribution is -2.03. The molecule has 0 radical (unpaired) electrons. The summed E-state index contributed by atoms with van der Waals surface area (Å²) in [5, 5.41) is 1.06. The highest BCUT2D eigenvalue weighted by molar-refractivity contribution is 9.09. The molecule has 0 aromatic carbocycles. The number of hydrogen-bond donors (Lipinski definition) is 0. The second-order valence-electron chi connectivity index (χ2n) is 2.18. The molecule has 1 heterocycles. The van der Waals surface area contributed by atoms with Gasteiger partial charge < -0.3 is 4.74 Å². The van der Waals surface area contributed by atoms with Crippen molar-refractivity contribution in [1.82, 2.24) is 0 Å². The van der Waals surface area contributed by atoms with E-state index in [1.54, 1.807) is 0 Å². The fourth-order valence-electron chi connectivity index (χ4n) is 0.467. The van der Waals surface area contributed by atoms with Crippen molar-refractivity contribution in [1.29, 1.82) is 0 Å². The molecule has 0 aromatic rings. The van der Waals surface area contributed by atoms with Gasteiger partial charge in [0.15, 0.2) is 0 Å². The van der Waals surface area contributed by atoms with Gasteiger partial charge >= 0.3 is 0 Å². The summed E-state index contributed by atoms with van der Waals surface area (Å²) in [6.07, 6.45) is 1.15. The minimum Gasteiger partial charge on any atom is -0.370 e. The Labute approximate surface area is 52.2 Å². The van der Waals surface area contributed by atoms with E-state index in [-0.39, 0.29) is 5.60 Å². The molecule has 1 aliphatic heterocycles. The van der Waals surface area contributed by atoms with Crippen molar-refractivity contribution in [3.8, 4) is 0 Å². The van der Waals surface area contributed by atoms with Crippen LogP contribution in [0.2, 0.25) is 0 Å². The van der Waals surface area contributed by atoms with E-state index in [1.165, 1.54) is 0 Å². The molecule has 42 valence electrons. The van der Waals surface area contributed by atoms with Crippen molar-refractivity contribution in [2.24, 2.45) is 0 Å². The molecule has 1 atom stereocenters. The molecular weight excluding hydrogens is 156 g/mol. The lowest BCUT2D eigenvalue weighted by atomic mass is 10.1. The molecule has 0 aromatic heterocycles. The van der Waals surface area contributed by atoms with E-state index in [0.717, 1.165) is 18.4 Å². The topological polar surface area (TPSA) is 12.5 Å². The van der Waals surface area contributed by atoms with Gasteiger partial charge in [0, 0.05) is 5.33 Å². The van der Waals surface area contributed by atoms with Crippen LogP contribution in [0.3, 0.4) is 0 Å². The molecule has 1 saturated heterocycles. The van der Waals surface area contributed by atoms with E-state index < -0.39 is 0 Å². The van der Waals surface area contributed by atoms with Crippen LogP contribution in [0.15, 0.2) is 0 Å². The van der Waals surface area contributed by atoms with Gasteiger partial charge in [0.1, 0.15) is 0 Å². The molecule has 0 aliphatic carbocycles. The summed E-state index contributed by atoms with van der Waals surface area (Å²) in [5.74, 6) is 0. The zero-order valence-electron chi connectivity index (χ0n) is 4.41. The molecule has 0 amide bonds. The molecule has 1 nitrogen and oxygen atoms in total. The summed E-state index contributed by atoms with van der Waals surface area (Å²) in [5.41, 5.74) is 0.253. The molecule has 7 heavy (non-hydrogen) atoms. The third-order valence-corrected chi connectivity index (χ3v) is 1.66. The number of rotatable bonds is 2. The third kappa shape index (κ3) is 1.42. The van der Waals surface area contributed by atoms with Crippen LogP contribution in [0.5, 0.6) is 0 Å². The Bertz CT molecular complexity index is 68.5. The number of epoxide rings is 1.